The molecule has 1 aromatic heterocycles. The number of fused-ring (bicyclic) bond motifs is 1. The quantitative estimate of drug-likeness (QED) is 0.334. The number of benzene rings is 1. The molecule has 1 atom stereocenters. The molecule has 9 heteroatoms. The van der Waals surface area contributed by atoms with Crippen molar-refractivity contribution < 1.29 is 14.7 Å². The Morgan fingerprint density at radius 1 is 1.35 bits per heavy atom. The molecular weight excluding hydrogens is 398 g/mol. The van der Waals surface area contributed by atoms with E-state index in [0.29, 0.717) is 31.8 Å². The average molecular weight is 428 g/mol. The molecule has 1 aliphatic heterocycles. The third kappa shape index (κ3) is 4.10. The topological polar surface area (TPSA) is 136 Å². The van der Waals surface area contributed by atoms with Crippen molar-refractivity contribution in [1.29, 1.82) is 0 Å². The van der Waals surface area contributed by atoms with Crippen molar-refractivity contribution in [3.05, 3.63) is 34.1 Å². The number of nitrogens with zero attached hydrogens (tertiary/aromatic N) is 3. The lowest BCUT2D eigenvalue weighted by atomic mass is 10.1. The normalized spacial score (nSPS) is 20.0. The largest absolute Gasteiger partial charge is 0.477 e. The molecule has 9 nitrogen and oxygen atoms in total. The van der Waals surface area contributed by atoms with Crippen molar-refractivity contribution in [2.45, 2.75) is 38.6 Å². The number of oxime groups is 1. The lowest BCUT2D eigenvalue weighted by molar-refractivity contribution is 0.0695. The van der Waals surface area contributed by atoms with Crippen molar-refractivity contribution >= 4 is 34.0 Å². The first-order valence-corrected chi connectivity index (χ1v) is 10.8. The smallest absolute Gasteiger partial charge is 0.341 e. The maximum Gasteiger partial charge on any atom is 0.341 e. The van der Waals surface area contributed by atoms with Crippen LogP contribution in [0.15, 0.2) is 28.3 Å². The molecular formula is C22H29N5O4. The highest BCUT2D eigenvalue weighted by Crippen LogP contribution is 2.39. The van der Waals surface area contributed by atoms with Gasteiger partial charge in [0, 0.05) is 42.6 Å². The molecule has 1 unspecified atom stereocenters. The van der Waals surface area contributed by atoms with Crippen molar-refractivity contribution in [2.24, 2.45) is 16.8 Å². The number of aromatic carboxylic acids is 1. The number of nitrogens with two attached hydrogens (primary N) is 2. The summed E-state index contributed by atoms with van der Waals surface area (Å²) in [5.74, 6) is -1.16. The van der Waals surface area contributed by atoms with Crippen LogP contribution >= 0.6 is 0 Å². The zero-order valence-corrected chi connectivity index (χ0v) is 17.7. The van der Waals surface area contributed by atoms with E-state index in [1.54, 1.807) is 6.07 Å². The van der Waals surface area contributed by atoms with Crippen molar-refractivity contribution in [3.8, 4) is 0 Å². The second-order valence-electron chi connectivity index (χ2n) is 8.33. The zero-order valence-electron chi connectivity index (χ0n) is 17.7. The van der Waals surface area contributed by atoms with Gasteiger partial charge in [0.05, 0.1) is 23.2 Å². The molecule has 31 heavy (non-hydrogen) atoms. The van der Waals surface area contributed by atoms with E-state index in [0.717, 1.165) is 37.1 Å². The maximum atomic E-state index is 12.8. The zero-order chi connectivity index (χ0) is 22.1. The third-order valence-electron chi connectivity index (χ3n) is 6.01. The molecule has 0 radical (unpaired) electrons. The van der Waals surface area contributed by atoms with E-state index in [2.05, 4.69) is 17.0 Å². The fourth-order valence-electron chi connectivity index (χ4n) is 4.08. The Hall–Kier alpha value is -3.07. The van der Waals surface area contributed by atoms with Crippen molar-refractivity contribution in [3.63, 3.8) is 0 Å². The molecule has 1 aromatic carbocycles. The van der Waals surface area contributed by atoms with Crippen LogP contribution in [-0.2, 0) is 4.84 Å². The molecule has 0 bridgehead atoms. The SMILES string of the molecule is CCCCO/N=C1\CN(c2cc(N)c3c(=O)c(C(=O)O)cn(C4CC4)c3c2)CC1CN. The van der Waals surface area contributed by atoms with E-state index >= 15 is 0 Å². The van der Waals surface area contributed by atoms with Crippen LogP contribution in [0.25, 0.3) is 10.9 Å². The predicted molar refractivity (Wildman–Crippen MR) is 121 cm³/mol. The van der Waals surface area contributed by atoms with Crippen LogP contribution < -0.4 is 21.8 Å². The lowest BCUT2D eigenvalue weighted by Crippen LogP contribution is -2.24. The van der Waals surface area contributed by atoms with E-state index in [1.165, 1.54) is 6.20 Å². The average Bonchev–Trinajstić information content (AvgIpc) is 3.50. The van der Waals surface area contributed by atoms with Gasteiger partial charge in [-0.3, -0.25) is 4.79 Å². The van der Waals surface area contributed by atoms with Gasteiger partial charge in [-0.05, 0) is 31.4 Å². The Morgan fingerprint density at radius 2 is 2.13 bits per heavy atom. The van der Waals surface area contributed by atoms with Gasteiger partial charge in [0.25, 0.3) is 0 Å². The minimum absolute atomic E-state index is 0.0820. The van der Waals surface area contributed by atoms with Crippen LogP contribution in [0.1, 0.15) is 49.0 Å². The number of hydrogen-bond donors (Lipinski definition) is 3. The lowest BCUT2D eigenvalue weighted by Gasteiger charge is -2.21. The predicted octanol–water partition coefficient (Wildman–Crippen LogP) is 2.18. The van der Waals surface area contributed by atoms with Gasteiger partial charge in [0.15, 0.2) is 0 Å². The molecule has 4 rings (SSSR count). The van der Waals surface area contributed by atoms with Gasteiger partial charge in [-0.2, -0.15) is 0 Å². The summed E-state index contributed by atoms with van der Waals surface area (Å²) in [6, 6.07) is 3.85. The van der Waals surface area contributed by atoms with Crippen LogP contribution in [0, 0.1) is 5.92 Å². The first-order chi connectivity index (χ1) is 14.9. The second kappa shape index (κ2) is 8.58. The number of anilines is 2. The van der Waals surface area contributed by atoms with Crippen molar-refractivity contribution in [1.82, 2.24) is 4.57 Å². The number of pyridine rings is 1. The molecule has 2 aromatic rings. The highest BCUT2D eigenvalue weighted by molar-refractivity contribution is 6.00. The first-order valence-electron chi connectivity index (χ1n) is 10.8. The summed E-state index contributed by atoms with van der Waals surface area (Å²) in [5, 5.41) is 14.0. The molecule has 0 spiro atoms. The van der Waals surface area contributed by atoms with Gasteiger partial charge in [-0.25, -0.2) is 4.79 Å². The number of carboxylic acids is 1. The maximum absolute atomic E-state index is 12.8. The fraction of sp³-hybridized carbons (Fsp3) is 0.500. The number of aromatic nitrogens is 1. The van der Waals surface area contributed by atoms with Gasteiger partial charge in [0.1, 0.15) is 12.2 Å². The summed E-state index contributed by atoms with van der Waals surface area (Å²) < 4.78 is 1.89. The number of hydrogen-bond acceptors (Lipinski definition) is 7. The molecule has 1 aliphatic carbocycles. The Morgan fingerprint density at radius 3 is 2.77 bits per heavy atom. The van der Waals surface area contributed by atoms with Gasteiger partial charge in [-0.15, -0.1) is 0 Å². The van der Waals surface area contributed by atoms with Crippen LogP contribution in [0.2, 0.25) is 0 Å². The molecule has 1 saturated carbocycles. The Labute approximate surface area is 180 Å². The van der Waals surface area contributed by atoms with Crippen molar-refractivity contribution in [2.75, 3.05) is 36.9 Å². The molecule has 5 N–H and O–H groups in total. The summed E-state index contributed by atoms with van der Waals surface area (Å²) >= 11 is 0. The van der Waals surface area contributed by atoms with Crippen LogP contribution in [0.4, 0.5) is 11.4 Å². The molecule has 0 amide bonds. The van der Waals surface area contributed by atoms with Crippen LogP contribution in [-0.4, -0.2) is 47.6 Å². The summed E-state index contributed by atoms with van der Waals surface area (Å²) in [7, 11) is 0. The third-order valence-corrected chi connectivity index (χ3v) is 6.01. The van der Waals surface area contributed by atoms with Crippen LogP contribution in [0.5, 0.6) is 0 Å². The number of nitrogen functional groups attached to an aromatic ring is 1. The monoisotopic (exact) mass is 427 g/mol. The first kappa shape index (κ1) is 21.2. The van der Waals surface area contributed by atoms with E-state index in [4.69, 9.17) is 16.3 Å². The van der Waals surface area contributed by atoms with Gasteiger partial charge >= 0.3 is 5.97 Å². The molecule has 2 fully saturated rings. The summed E-state index contributed by atoms with van der Waals surface area (Å²) in [6.45, 7) is 4.39. The van der Waals surface area contributed by atoms with E-state index < -0.39 is 11.4 Å². The van der Waals surface area contributed by atoms with Crippen LogP contribution in [0.3, 0.4) is 0 Å². The molecule has 166 valence electrons. The van der Waals surface area contributed by atoms with E-state index in [-0.39, 0.29) is 28.6 Å². The Bertz CT molecular complexity index is 1090. The van der Waals surface area contributed by atoms with Gasteiger partial charge in [-0.1, -0.05) is 18.5 Å². The minimum Gasteiger partial charge on any atom is -0.477 e. The van der Waals surface area contributed by atoms with Gasteiger partial charge < -0.3 is 30.9 Å². The highest BCUT2D eigenvalue weighted by atomic mass is 16.6. The number of carbonyl (C=O) groups is 1. The molecule has 2 heterocycles. The second-order valence-corrected chi connectivity index (χ2v) is 8.33. The number of carboxylic acid groups (broad SMARTS) is 1. The molecule has 2 aliphatic rings. The van der Waals surface area contributed by atoms with E-state index in [9.17, 15) is 14.7 Å². The summed E-state index contributed by atoms with van der Waals surface area (Å²) in [6.07, 6.45) is 5.35. The standard InChI is InChI=1S/C22H29N5O4/c1-2-3-6-31-25-18-12-26(10-13(18)9-23)15-7-17(24)20-19(8-15)27(14-4-5-14)11-16(21(20)28)22(29)30/h7-8,11,13-14H,2-6,9-10,12,23-24H2,1H3,(H,29,30)/b25-18+. The number of unbranched alkanes of at least 4 members (excludes halogenated alkanes) is 1. The Kier molecular flexibility index (Phi) is 5.86. The highest BCUT2D eigenvalue weighted by Gasteiger charge is 2.31. The summed E-state index contributed by atoms with van der Waals surface area (Å²) in [4.78, 5) is 32.0. The Balaban J connectivity index is 1.72. The number of rotatable bonds is 8. The fourth-order valence-corrected chi connectivity index (χ4v) is 4.08. The summed E-state index contributed by atoms with van der Waals surface area (Å²) in [5.41, 5.74) is 14.2. The van der Waals surface area contributed by atoms with E-state index in [1.807, 2.05) is 10.6 Å². The molecule has 1 saturated heterocycles. The minimum atomic E-state index is -1.24. The van der Waals surface area contributed by atoms with Gasteiger partial charge in [0.2, 0.25) is 5.43 Å².